The van der Waals surface area contributed by atoms with E-state index in [9.17, 15) is 17.4 Å². The average Bonchev–Trinajstić information content (AvgIpc) is 2.19. The van der Waals surface area contributed by atoms with Crippen LogP contribution in [0.2, 0.25) is 0 Å². The Morgan fingerprint density at radius 2 is 1.88 bits per heavy atom. The third kappa shape index (κ3) is 3.43. The van der Waals surface area contributed by atoms with Crippen molar-refractivity contribution in [1.82, 2.24) is 4.90 Å². The van der Waals surface area contributed by atoms with Crippen LogP contribution in [0.3, 0.4) is 0 Å². The molecule has 0 amide bonds. The molecule has 0 spiro atoms. The van der Waals surface area contributed by atoms with Crippen molar-refractivity contribution in [3.8, 4) is 0 Å². The minimum atomic E-state index is -4.31. The van der Waals surface area contributed by atoms with Crippen LogP contribution in [0.25, 0.3) is 0 Å². The quantitative estimate of drug-likeness (QED) is 0.811. The van der Waals surface area contributed by atoms with Crippen LogP contribution in [-0.4, -0.2) is 52.0 Å². The molecule has 0 aromatic heterocycles. The van der Waals surface area contributed by atoms with Crippen LogP contribution < -0.4 is 5.73 Å². The Hall–Kier alpha value is -0.140. The molecule has 2 unspecified atom stereocenters. The Morgan fingerprint density at radius 1 is 1.38 bits per heavy atom. The molecular formula is C9H17F3N2OS. The molecule has 1 aliphatic heterocycles. The molecule has 1 rings (SSSR count). The van der Waals surface area contributed by atoms with E-state index in [1.54, 1.807) is 6.92 Å². The molecule has 7 heteroatoms. The van der Waals surface area contributed by atoms with Crippen molar-refractivity contribution < 1.29 is 17.4 Å². The van der Waals surface area contributed by atoms with Crippen LogP contribution in [0.1, 0.15) is 13.3 Å². The van der Waals surface area contributed by atoms with Gasteiger partial charge in [-0.1, -0.05) is 6.92 Å². The third-order valence-corrected chi connectivity index (χ3v) is 4.09. The van der Waals surface area contributed by atoms with Gasteiger partial charge in [0.25, 0.3) is 0 Å². The molecule has 96 valence electrons. The summed E-state index contributed by atoms with van der Waals surface area (Å²) in [6.07, 6.45) is -4.03. The lowest BCUT2D eigenvalue weighted by molar-refractivity contribution is -0.188. The SMILES string of the molecule is CCC(N)C(N1CCS(=O)CC1)C(F)(F)F. The second-order valence-electron chi connectivity index (χ2n) is 3.94. The van der Waals surface area contributed by atoms with Crippen molar-refractivity contribution in [2.75, 3.05) is 24.6 Å². The van der Waals surface area contributed by atoms with E-state index < -0.39 is 29.1 Å². The Balaban J connectivity index is 2.73. The van der Waals surface area contributed by atoms with Gasteiger partial charge >= 0.3 is 6.18 Å². The highest BCUT2D eigenvalue weighted by atomic mass is 32.2. The third-order valence-electron chi connectivity index (χ3n) is 2.82. The summed E-state index contributed by atoms with van der Waals surface area (Å²) in [6.45, 7) is 2.07. The Labute approximate surface area is 95.6 Å². The molecule has 0 bridgehead atoms. The van der Waals surface area contributed by atoms with E-state index in [1.807, 2.05) is 0 Å². The summed E-state index contributed by atoms with van der Waals surface area (Å²) in [5.74, 6) is 0.617. The summed E-state index contributed by atoms with van der Waals surface area (Å²) < 4.78 is 49.6. The minimum absolute atomic E-state index is 0.213. The van der Waals surface area contributed by atoms with Crippen molar-refractivity contribution in [2.45, 2.75) is 31.6 Å². The molecule has 0 radical (unpaired) electrons. The van der Waals surface area contributed by atoms with Crippen LogP contribution in [0.15, 0.2) is 0 Å². The Kier molecular flexibility index (Phi) is 4.75. The van der Waals surface area contributed by atoms with E-state index in [4.69, 9.17) is 5.73 Å². The predicted molar refractivity (Wildman–Crippen MR) is 57.6 cm³/mol. The first-order valence-electron chi connectivity index (χ1n) is 5.27. The van der Waals surface area contributed by atoms with Crippen LogP contribution in [-0.2, 0) is 10.8 Å². The van der Waals surface area contributed by atoms with E-state index in [0.29, 0.717) is 11.5 Å². The highest BCUT2D eigenvalue weighted by Gasteiger charge is 2.47. The first kappa shape index (κ1) is 13.9. The summed E-state index contributed by atoms with van der Waals surface area (Å²) in [5, 5.41) is 0. The van der Waals surface area contributed by atoms with Gasteiger partial charge in [0.15, 0.2) is 0 Å². The van der Waals surface area contributed by atoms with Crippen LogP contribution in [0, 0.1) is 0 Å². The lowest BCUT2D eigenvalue weighted by atomic mass is 10.0. The lowest BCUT2D eigenvalue weighted by Gasteiger charge is -2.38. The second kappa shape index (κ2) is 5.46. The van der Waals surface area contributed by atoms with Gasteiger partial charge in [-0.05, 0) is 6.42 Å². The van der Waals surface area contributed by atoms with Crippen molar-refractivity contribution >= 4 is 10.8 Å². The molecule has 0 saturated carbocycles. The van der Waals surface area contributed by atoms with Gasteiger partial charge in [0.2, 0.25) is 0 Å². The molecule has 1 heterocycles. The number of alkyl halides is 3. The normalized spacial score (nSPS) is 24.3. The zero-order valence-electron chi connectivity index (χ0n) is 9.17. The highest BCUT2D eigenvalue weighted by molar-refractivity contribution is 7.85. The maximum atomic E-state index is 12.8. The topological polar surface area (TPSA) is 46.3 Å². The van der Waals surface area contributed by atoms with Crippen molar-refractivity contribution in [1.29, 1.82) is 0 Å². The van der Waals surface area contributed by atoms with E-state index >= 15 is 0 Å². The fourth-order valence-corrected chi connectivity index (χ4v) is 2.95. The Bertz CT molecular complexity index is 250. The fraction of sp³-hybridized carbons (Fsp3) is 1.00. The summed E-state index contributed by atoms with van der Waals surface area (Å²) in [7, 11) is -0.969. The Morgan fingerprint density at radius 3 is 2.25 bits per heavy atom. The largest absolute Gasteiger partial charge is 0.405 e. The monoisotopic (exact) mass is 258 g/mol. The zero-order valence-corrected chi connectivity index (χ0v) is 9.98. The number of hydrogen-bond donors (Lipinski definition) is 1. The van der Waals surface area contributed by atoms with Crippen molar-refractivity contribution in [2.24, 2.45) is 5.73 Å². The number of hydrogen-bond acceptors (Lipinski definition) is 3. The van der Waals surface area contributed by atoms with E-state index in [2.05, 4.69) is 0 Å². The average molecular weight is 258 g/mol. The van der Waals surface area contributed by atoms with E-state index in [1.165, 1.54) is 4.90 Å². The highest BCUT2D eigenvalue weighted by Crippen LogP contribution is 2.28. The number of nitrogens with zero attached hydrogens (tertiary/aromatic N) is 1. The van der Waals surface area contributed by atoms with Gasteiger partial charge in [0, 0.05) is 41.4 Å². The van der Waals surface area contributed by atoms with Crippen molar-refractivity contribution in [3.63, 3.8) is 0 Å². The van der Waals surface area contributed by atoms with Crippen LogP contribution in [0.4, 0.5) is 13.2 Å². The number of rotatable bonds is 3. The van der Waals surface area contributed by atoms with Gasteiger partial charge in [-0.2, -0.15) is 13.2 Å². The molecule has 1 saturated heterocycles. The van der Waals surface area contributed by atoms with Gasteiger partial charge in [0.1, 0.15) is 6.04 Å². The fourth-order valence-electron chi connectivity index (χ4n) is 1.87. The van der Waals surface area contributed by atoms with Crippen LogP contribution in [0.5, 0.6) is 0 Å². The summed E-state index contributed by atoms with van der Waals surface area (Å²) in [5.41, 5.74) is 5.53. The molecule has 2 N–H and O–H groups in total. The second-order valence-corrected chi connectivity index (χ2v) is 5.64. The minimum Gasteiger partial charge on any atom is -0.326 e. The maximum absolute atomic E-state index is 12.8. The van der Waals surface area contributed by atoms with Gasteiger partial charge in [-0.3, -0.25) is 9.11 Å². The molecule has 1 fully saturated rings. The molecule has 2 atom stereocenters. The number of halogens is 3. The van der Waals surface area contributed by atoms with Gasteiger partial charge in [0.05, 0.1) is 0 Å². The molecule has 0 aliphatic carbocycles. The molecule has 16 heavy (non-hydrogen) atoms. The number of nitrogens with two attached hydrogens (primary N) is 1. The maximum Gasteiger partial charge on any atom is 0.405 e. The van der Waals surface area contributed by atoms with Gasteiger partial charge in [-0.25, -0.2) is 0 Å². The molecule has 0 aromatic rings. The van der Waals surface area contributed by atoms with Crippen molar-refractivity contribution in [3.05, 3.63) is 0 Å². The standard InChI is InChI=1S/C9H17F3N2OS/c1-2-7(13)8(9(10,11)12)14-3-5-16(15)6-4-14/h7-8H,2-6,13H2,1H3. The smallest absolute Gasteiger partial charge is 0.326 e. The zero-order chi connectivity index (χ0) is 12.3. The van der Waals surface area contributed by atoms with E-state index in [0.717, 1.165) is 0 Å². The summed E-state index contributed by atoms with van der Waals surface area (Å²) in [6, 6.07) is -2.51. The van der Waals surface area contributed by atoms with Gasteiger partial charge in [-0.15, -0.1) is 0 Å². The molecule has 0 aromatic carbocycles. The molecular weight excluding hydrogens is 241 g/mol. The molecule has 3 nitrogen and oxygen atoms in total. The summed E-state index contributed by atoms with van der Waals surface area (Å²) in [4.78, 5) is 1.32. The predicted octanol–water partition coefficient (Wildman–Crippen LogP) is 0.719. The molecule has 1 aliphatic rings. The van der Waals surface area contributed by atoms with Gasteiger partial charge < -0.3 is 5.73 Å². The van der Waals surface area contributed by atoms with Crippen LogP contribution >= 0.6 is 0 Å². The summed E-state index contributed by atoms with van der Waals surface area (Å²) >= 11 is 0. The lowest BCUT2D eigenvalue weighted by Crippen LogP contribution is -2.58. The van der Waals surface area contributed by atoms with E-state index in [-0.39, 0.29) is 19.5 Å². The first-order valence-corrected chi connectivity index (χ1v) is 6.76. The first-order chi connectivity index (χ1) is 7.36.